The zero-order chi connectivity index (χ0) is 63.5. The Hall–Kier alpha value is -11.4. The summed E-state index contributed by atoms with van der Waals surface area (Å²) in [5.41, 5.74) is 9.34. The summed E-state index contributed by atoms with van der Waals surface area (Å²) in [6.45, 7) is 7.72. The van der Waals surface area contributed by atoms with Gasteiger partial charge in [-0.2, -0.15) is 0 Å². The largest absolute Gasteiger partial charge is 0.457 e. The van der Waals surface area contributed by atoms with Crippen molar-refractivity contribution in [3.63, 3.8) is 0 Å². The monoisotopic (exact) mass is 1220 g/mol. The van der Waals surface area contributed by atoms with E-state index in [0.717, 1.165) is 68.8 Å². The summed E-state index contributed by atoms with van der Waals surface area (Å²) in [7, 11) is 0. The normalized spacial score (nSPS) is 15.8. The molecule has 450 valence electrons. The standard InChI is InChI=1S/C84H55F6NO2/c1-3-52-25-35-63(36-26-52)92-65-39-29-56(30-40-65)83(81-77(87)46-58(85)47-78(81)88)73-23-12-10-21-69(73)71-43-33-61(50-75(71)83)91(60-18-14-17-55(45-60)68-20-9-8-19-67(68)54-15-6-5-7-16-54)62-34-44-72-70-22-11-13-24-74(70)84(76(72)51-62,82-79(89)48-59(86)49-80(82)90)57-31-41-66(42-32-57)93-64-37-27-53(4-2)28-38-64/h3-12,14-23,25-51H,1-2,13,24H2. The van der Waals surface area contributed by atoms with Crippen molar-refractivity contribution in [1.82, 2.24) is 0 Å². The average Bonchev–Trinajstić information content (AvgIpc) is 1.56. The van der Waals surface area contributed by atoms with E-state index in [1.165, 1.54) is 0 Å². The number of nitrogens with zero attached hydrogens (tertiary/aromatic N) is 1. The number of ether oxygens (including phenoxy) is 2. The van der Waals surface area contributed by atoms with Gasteiger partial charge in [-0.05, 0) is 187 Å². The molecule has 2 unspecified atom stereocenters. The first-order chi connectivity index (χ1) is 45.4. The summed E-state index contributed by atoms with van der Waals surface area (Å²) in [5, 5.41) is 0. The van der Waals surface area contributed by atoms with E-state index in [1.807, 2.05) is 187 Å². The average molecular weight is 1220 g/mol. The highest BCUT2D eigenvalue weighted by molar-refractivity contribution is 5.95. The highest BCUT2D eigenvalue weighted by Crippen LogP contribution is 2.62. The Bertz CT molecular complexity index is 4970. The van der Waals surface area contributed by atoms with E-state index in [2.05, 4.69) is 43.5 Å². The highest BCUT2D eigenvalue weighted by Gasteiger charge is 2.52. The molecule has 3 aliphatic rings. The third kappa shape index (κ3) is 9.78. The lowest BCUT2D eigenvalue weighted by Crippen LogP contribution is -2.33. The van der Waals surface area contributed by atoms with Crippen LogP contribution in [0.5, 0.6) is 23.0 Å². The molecule has 12 aromatic rings. The van der Waals surface area contributed by atoms with Crippen molar-refractivity contribution in [3.05, 3.63) is 382 Å². The molecule has 0 saturated carbocycles. The number of hydrogen-bond donors (Lipinski definition) is 0. The van der Waals surface area contributed by atoms with Gasteiger partial charge >= 0.3 is 0 Å². The van der Waals surface area contributed by atoms with Crippen LogP contribution in [-0.4, -0.2) is 0 Å². The Labute approximate surface area is 535 Å². The number of benzene rings is 12. The van der Waals surface area contributed by atoms with E-state index in [0.29, 0.717) is 97.4 Å². The van der Waals surface area contributed by atoms with E-state index in [1.54, 1.807) is 48.6 Å². The first-order valence-corrected chi connectivity index (χ1v) is 30.6. The minimum atomic E-state index is -1.76. The van der Waals surface area contributed by atoms with Crippen LogP contribution in [0.15, 0.2) is 292 Å². The fourth-order valence-electron chi connectivity index (χ4n) is 14.4. The smallest absolute Gasteiger partial charge is 0.133 e. The maximum Gasteiger partial charge on any atom is 0.133 e. The summed E-state index contributed by atoms with van der Waals surface area (Å²) in [4.78, 5) is 2.04. The summed E-state index contributed by atoms with van der Waals surface area (Å²) in [6, 6.07) is 77.5. The zero-order valence-corrected chi connectivity index (χ0v) is 50.0. The number of allylic oxidation sites excluding steroid dienone is 4. The molecule has 0 heterocycles. The van der Waals surface area contributed by atoms with Crippen molar-refractivity contribution in [2.24, 2.45) is 0 Å². The lowest BCUT2D eigenvalue weighted by Gasteiger charge is -2.37. The predicted molar refractivity (Wildman–Crippen MR) is 360 cm³/mol. The van der Waals surface area contributed by atoms with Crippen molar-refractivity contribution in [3.8, 4) is 56.4 Å². The van der Waals surface area contributed by atoms with Crippen LogP contribution in [0, 0.1) is 34.9 Å². The topological polar surface area (TPSA) is 21.7 Å². The molecule has 15 rings (SSSR count). The fraction of sp³-hybridized carbons (Fsp3) is 0.0476. The third-order valence-electron chi connectivity index (χ3n) is 18.3. The second-order valence-corrected chi connectivity index (χ2v) is 23.4. The third-order valence-corrected chi connectivity index (χ3v) is 18.3. The van der Waals surface area contributed by atoms with Crippen LogP contribution >= 0.6 is 0 Å². The number of fused-ring (bicyclic) bond motifs is 5. The molecule has 9 heteroatoms. The molecule has 0 saturated heterocycles. The van der Waals surface area contributed by atoms with Crippen molar-refractivity contribution in [2.45, 2.75) is 23.7 Å². The van der Waals surface area contributed by atoms with E-state index in [-0.39, 0.29) is 11.1 Å². The first kappa shape index (κ1) is 58.0. The summed E-state index contributed by atoms with van der Waals surface area (Å²) in [5.74, 6) is -4.38. The van der Waals surface area contributed by atoms with Crippen LogP contribution in [0.1, 0.15) is 68.5 Å². The lowest BCUT2D eigenvalue weighted by atomic mass is 9.65. The van der Waals surface area contributed by atoms with Crippen LogP contribution in [0.25, 0.3) is 51.1 Å². The first-order valence-electron chi connectivity index (χ1n) is 30.6. The molecule has 0 aliphatic heterocycles. The molecule has 0 radical (unpaired) electrons. The van der Waals surface area contributed by atoms with Crippen molar-refractivity contribution >= 4 is 34.8 Å². The van der Waals surface area contributed by atoms with Gasteiger partial charge in [0.2, 0.25) is 0 Å². The number of hydrogen-bond acceptors (Lipinski definition) is 3. The molecule has 2 atom stereocenters. The molecule has 3 aliphatic carbocycles. The van der Waals surface area contributed by atoms with Gasteiger partial charge in [0, 0.05) is 52.5 Å². The van der Waals surface area contributed by atoms with Crippen molar-refractivity contribution in [1.29, 1.82) is 0 Å². The van der Waals surface area contributed by atoms with Gasteiger partial charge in [0.05, 0.1) is 10.8 Å². The zero-order valence-electron chi connectivity index (χ0n) is 50.0. The predicted octanol–water partition coefficient (Wildman–Crippen LogP) is 23.0. The Balaban J connectivity index is 0.977. The number of halogens is 6. The number of anilines is 3. The molecule has 3 nitrogen and oxygen atoms in total. The van der Waals surface area contributed by atoms with Gasteiger partial charge in [-0.15, -0.1) is 0 Å². The molecule has 0 aromatic heterocycles. The van der Waals surface area contributed by atoms with Crippen LogP contribution in [0.4, 0.5) is 43.4 Å². The van der Waals surface area contributed by atoms with Crippen LogP contribution in [0.3, 0.4) is 0 Å². The summed E-state index contributed by atoms with van der Waals surface area (Å²) in [6.07, 6.45) is 8.49. The molecular formula is C84H55F6NO2. The molecule has 0 amide bonds. The van der Waals surface area contributed by atoms with E-state index >= 15 is 26.3 Å². The second-order valence-electron chi connectivity index (χ2n) is 23.4. The SMILES string of the molecule is C=Cc1ccc(Oc2ccc(C3(c4c(F)cc(F)cc4F)C4=C(C=CCC4)c4ccc(N(c5cccc(-c6ccccc6-c6ccccc6)c5)c5ccc6c(c5)C(c5ccc(Oc7ccc(C=C)cc7)cc5)(c5c(F)cc(F)cc5F)c5ccccc5-6)cc43)cc2)cc1. The summed E-state index contributed by atoms with van der Waals surface area (Å²) >= 11 is 0. The quantitative estimate of drug-likeness (QED) is 0.0955. The van der Waals surface area contributed by atoms with Gasteiger partial charge < -0.3 is 14.4 Å². The number of rotatable bonds is 15. The Morgan fingerprint density at radius 1 is 0.366 bits per heavy atom. The molecule has 0 N–H and O–H groups in total. The van der Waals surface area contributed by atoms with Gasteiger partial charge in [-0.3, -0.25) is 0 Å². The molecule has 12 aromatic carbocycles. The summed E-state index contributed by atoms with van der Waals surface area (Å²) < 4.78 is 113. The van der Waals surface area contributed by atoms with Crippen LogP contribution in [0.2, 0.25) is 0 Å². The van der Waals surface area contributed by atoms with Crippen molar-refractivity contribution < 1.29 is 35.8 Å². The van der Waals surface area contributed by atoms with Crippen LogP contribution in [-0.2, 0) is 10.8 Å². The van der Waals surface area contributed by atoms with E-state index in [9.17, 15) is 0 Å². The van der Waals surface area contributed by atoms with Gasteiger partial charge in [0.1, 0.15) is 57.9 Å². The van der Waals surface area contributed by atoms with Gasteiger partial charge in [0.25, 0.3) is 0 Å². The Morgan fingerprint density at radius 3 is 1.34 bits per heavy atom. The molecule has 93 heavy (non-hydrogen) atoms. The fourth-order valence-corrected chi connectivity index (χ4v) is 14.4. The molecular weight excluding hydrogens is 1170 g/mol. The Kier molecular flexibility index (Phi) is 14.6. The molecule has 0 fully saturated rings. The van der Waals surface area contributed by atoms with Gasteiger partial charge in [-0.1, -0.05) is 189 Å². The minimum absolute atomic E-state index is 0.340. The van der Waals surface area contributed by atoms with Gasteiger partial charge in [0.15, 0.2) is 0 Å². The highest BCUT2D eigenvalue weighted by atomic mass is 19.2. The van der Waals surface area contributed by atoms with E-state index in [4.69, 9.17) is 9.47 Å². The Morgan fingerprint density at radius 2 is 0.796 bits per heavy atom. The second kappa shape index (κ2) is 23.4. The van der Waals surface area contributed by atoms with E-state index < -0.39 is 45.7 Å². The maximum atomic E-state index is 17.5. The lowest BCUT2D eigenvalue weighted by molar-refractivity contribution is 0.480. The molecule has 0 spiro atoms. The maximum absolute atomic E-state index is 17.5. The minimum Gasteiger partial charge on any atom is -0.457 e. The van der Waals surface area contributed by atoms with Gasteiger partial charge in [-0.25, -0.2) is 26.3 Å². The molecule has 0 bridgehead atoms. The van der Waals surface area contributed by atoms with Crippen molar-refractivity contribution in [2.75, 3.05) is 4.90 Å². The van der Waals surface area contributed by atoms with Crippen LogP contribution < -0.4 is 14.4 Å².